The number of amides is 1. The third-order valence-electron chi connectivity index (χ3n) is 16.6. The number of hydrogen-bond donors (Lipinski definition) is 2. The highest BCUT2D eigenvalue weighted by molar-refractivity contribution is 7.11. The lowest BCUT2D eigenvalue weighted by Crippen LogP contribution is -2.03. The molecule has 14 aromatic rings. The number of nitrogens with zero attached hydrogens (tertiary/aromatic N) is 2. The predicted octanol–water partition coefficient (Wildman–Crippen LogP) is 26.0. The van der Waals surface area contributed by atoms with Crippen LogP contribution < -0.4 is 19.5 Å². The highest BCUT2D eigenvalue weighted by Gasteiger charge is 2.17. The van der Waals surface area contributed by atoms with Gasteiger partial charge in [0.25, 0.3) is 0 Å². The van der Waals surface area contributed by atoms with Gasteiger partial charge in [0, 0.05) is 72.1 Å². The zero-order valence-electron chi connectivity index (χ0n) is 63.1. The van der Waals surface area contributed by atoms with Crippen LogP contribution in [-0.4, -0.2) is 34.8 Å². The van der Waals surface area contributed by atoms with Gasteiger partial charge in [0.15, 0.2) is 11.5 Å². The van der Waals surface area contributed by atoms with Crippen molar-refractivity contribution < 1.29 is 32.2 Å². The van der Waals surface area contributed by atoms with Crippen molar-refractivity contribution >= 4 is 90.4 Å². The van der Waals surface area contributed by atoms with Crippen LogP contribution in [0.4, 0.5) is 10.1 Å². The minimum Gasteiger partial charge on any atom is -0.497 e. The van der Waals surface area contributed by atoms with Crippen LogP contribution in [0.1, 0.15) is 111 Å². The average Bonchev–Trinajstić information content (AvgIpc) is 1.56. The molecule has 0 bridgehead atoms. The summed E-state index contributed by atoms with van der Waals surface area (Å²) in [5, 5.41) is 11.1. The van der Waals surface area contributed by atoms with E-state index in [0.717, 1.165) is 97.6 Å². The number of thiazole rings is 1. The Bertz CT molecular complexity index is 4820. The maximum Gasteiger partial charge on any atom is 0.231 e. The summed E-state index contributed by atoms with van der Waals surface area (Å²) in [5.41, 5.74) is 17.1. The Morgan fingerprint density at radius 2 is 1.20 bits per heavy atom. The molecule has 0 fully saturated rings. The van der Waals surface area contributed by atoms with Gasteiger partial charge in [-0.15, -0.1) is 11.3 Å². The third kappa shape index (κ3) is 29.2. The molecule has 17 rings (SSSR count). The van der Waals surface area contributed by atoms with E-state index in [1.807, 2.05) is 200 Å². The van der Waals surface area contributed by atoms with Gasteiger partial charge in [-0.05, 0) is 241 Å². The first-order valence-corrected chi connectivity index (χ1v) is 37.5. The molecule has 1 amide bonds. The minimum absolute atomic E-state index is 0.102. The van der Waals surface area contributed by atoms with E-state index in [0.29, 0.717) is 18.2 Å². The Morgan fingerprint density at radius 1 is 0.575 bits per heavy atom. The summed E-state index contributed by atoms with van der Waals surface area (Å²) in [4.78, 5) is 23.5. The molecule has 0 radical (unpaired) electrons. The van der Waals surface area contributed by atoms with Crippen molar-refractivity contribution in [3.05, 3.63) is 341 Å². The lowest BCUT2D eigenvalue weighted by Gasteiger charge is -1.99. The predicted molar refractivity (Wildman–Crippen MR) is 443 cm³/mol. The van der Waals surface area contributed by atoms with Crippen LogP contribution in [0, 0.1) is 67.1 Å². The number of nitrogens with one attached hydrogen (secondary N) is 2. The summed E-state index contributed by atoms with van der Waals surface area (Å²) in [6.07, 6.45) is 16.2. The van der Waals surface area contributed by atoms with Gasteiger partial charge in [0.1, 0.15) is 29.2 Å². The fourth-order valence-corrected chi connectivity index (χ4v) is 12.1. The van der Waals surface area contributed by atoms with Crippen LogP contribution >= 0.6 is 46.1 Å². The molecular weight excluding hydrogens is 1400 g/mol. The Hall–Kier alpha value is -9.95. The monoisotopic (exact) mass is 1500 g/mol. The molecular formula is C91H98Cl3FN4O6S. The number of hydrogen-bond acceptors (Lipinski definition) is 9. The Morgan fingerprint density at radius 3 is 1.80 bits per heavy atom. The van der Waals surface area contributed by atoms with Crippen molar-refractivity contribution in [3.63, 3.8) is 0 Å². The summed E-state index contributed by atoms with van der Waals surface area (Å²) >= 11 is 18.7. The van der Waals surface area contributed by atoms with Crippen LogP contribution in [0.3, 0.4) is 0 Å². The summed E-state index contributed by atoms with van der Waals surface area (Å²) in [6.45, 7) is 25.2. The maximum atomic E-state index is 12.3. The third-order valence-corrected chi connectivity index (χ3v) is 18.3. The number of benzene rings is 9. The smallest absolute Gasteiger partial charge is 0.231 e. The first kappa shape index (κ1) is 83.3. The topological polar surface area (TPSA) is 125 Å². The van der Waals surface area contributed by atoms with Crippen LogP contribution in [0.5, 0.6) is 17.2 Å². The van der Waals surface area contributed by atoms with Crippen LogP contribution in [-0.2, 0) is 43.3 Å². The molecule has 5 aromatic heterocycles. The maximum absolute atomic E-state index is 12.3. The minimum atomic E-state index is -0.153. The van der Waals surface area contributed by atoms with Gasteiger partial charge in [-0.2, -0.15) is 0 Å². The Kier molecular flexibility index (Phi) is 34.7. The molecule has 15 heteroatoms. The number of aryl methyl sites for hydroxylation is 11. The summed E-state index contributed by atoms with van der Waals surface area (Å²) in [5.74, 6) is 4.44. The van der Waals surface area contributed by atoms with Gasteiger partial charge in [-0.3, -0.25) is 9.78 Å². The SMILES string of the molecule is CC1Cc2ccccc2C1.CCCc1ccc(F)cc1.CCc1ccc(Cl)cc1.CCc1ccc(OC)cc1.Cc1cc2cc(Cl)ccc2[nH]1.Cc1cc2ccccc2o1.Cc1ccc2c(c1)CC(=O)N2.Cc1ccc2c(c1)OCO2.Cc1ccc2ccncc2c1.Cc1cnc(C)s1.Cc1cocc1Cl. The number of fused-ring (bicyclic) bond motifs is 6. The van der Waals surface area contributed by atoms with Crippen LogP contribution in [0.25, 0.3) is 32.6 Å². The number of furan rings is 2. The summed E-state index contributed by atoms with van der Waals surface area (Å²) in [7, 11) is 1.68. The van der Waals surface area contributed by atoms with Gasteiger partial charge < -0.3 is 33.3 Å². The fourth-order valence-electron chi connectivity index (χ4n) is 11.0. The Labute approximate surface area is 644 Å². The normalized spacial score (nSPS) is 11.5. The molecule has 0 spiro atoms. The van der Waals surface area contributed by atoms with Crippen molar-refractivity contribution in [2.45, 2.75) is 128 Å². The molecule has 0 saturated carbocycles. The van der Waals surface area contributed by atoms with E-state index in [4.69, 9.17) is 57.8 Å². The van der Waals surface area contributed by atoms with E-state index in [-0.39, 0.29) is 11.7 Å². The number of aromatic amines is 1. The second-order valence-electron chi connectivity index (χ2n) is 25.8. The number of aromatic nitrogens is 3. The van der Waals surface area contributed by atoms with Crippen molar-refractivity contribution in [1.29, 1.82) is 0 Å². The van der Waals surface area contributed by atoms with E-state index in [1.54, 1.807) is 35.8 Å². The molecule has 0 unspecified atom stereocenters. The molecule has 2 N–H and O–H groups in total. The van der Waals surface area contributed by atoms with Crippen LogP contribution in [0.2, 0.25) is 15.1 Å². The zero-order valence-corrected chi connectivity index (χ0v) is 66.2. The standard InChI is InChI=1S/C10H9N.C10H12.C9H8ClN.C9H11F.C9H9NO.C9H8O.C9H12O.C8H9Cl.C8H8O2.C5H5ClO.C5H7NS/c1-8-2-3-9-4-5-11-7-10(9)6-8;1-8-6-9-4-2-3-5-10(9)7-8;1-6-4-7-5-8(10)2-3-9(7)11-6;1-2-3-8-4-6-9(10)7-5-8;1-6-2-3-8-7(4-6)5-9(11)10-8;1-7-6-8-4-2-3-5-9(8)10-7;1-3-8-4-6-9(10-2)7-5-8;1-2-7-3-5-8(9)6-4-7;1-6-2-3-7-8(4-6)10-5-9-7;1-4-2-7-3-5(4)6;1-4-3-6-5(2)7-4/h2-7H,1H3;2-5,8H,6-7H2,1H3;2-5,11H,1H3;4-7H,2-3H2,1H3;2-4H,5H2,1H3,(H,10,11);2-6H,1H3;4-7H,3H2,1-2H3;3-6H,2H2,1H3;2-4H,5H2,1H3;2-3H,1H3;3H,1-2H3. The molecule has 10 nitrogen and oxygen atoms in total. The molecule has 552 valence electrons. The van der Waals surface area contributed by atoms with Crippen LogP contribution in [0.15, 0.2) is 252 Å². The quantitative estimate of drug-likeness (QED) is 0.175. The Balaban J connectivity index is 0.000000163. The molecule has 1 aliphatic carbocycles. The van der Waals surface area contributed by atoms with Crippen molar-refractivity contribution in [2.24, 2.45) is 5.92 Å². The number of rotatable bonds is 5. The zero-order chi connectivity index (χ0) is 76.3. The lowest BCUT2D eigenvalue weighted by atomic mass is 10.1. The van der Waals surface area contributed by atoms with Crippen molar-refractivity contribution in [3.8, 4) is 17.2 Å². The van der Waals surface area contributed by atoms with Crippen molar-refractivity contribution in [1.82, 2.24) is 15.0 Å². The van der Waals surface area contributed by atoms with Gasteiger partial charge in [-0.1, -0.05) is 189 Å². The van der Waals surface area contributed by atoms with Gasteiger partial charge in [-0.25, -0.2) is 9.37 Å². The number of anilines is 1. The van der Waals surface area contributed by atoms with E-state index in [9.17, 15) is 9.18 Å². The number of methoxy groups -OCH3 is 1. The largest absolute Gasteiger partial charge is 0.497 e. The molecule has 106 heavy (non-hydrogen) atoms. The van der Waals surface area contributed by atoms with Gasteiger partial charge in [0.2, 0.25) is 12.7 Å². The first-order valence-electron chi connectivity index (χ1n) is 35.6. The highest BCUT2D eigenvalue weighted by Crippen LogP contribution is 2.32. The molecule has 0 atom stereocenters. The number of para-hydroxylation sites is 1. The van der Waals surface area contributed by atoms with E-state index in [1.165, 1.54) is 96.7 Å². The lowest BCUT2D eigenvalue weighted by molar-refractivity contribution is -0.115. The van der Waals surface area contributed by atoms with E-state index >= 15 is 0 Å². The number of H-pyrrole nitrogens is 1. The molecule has 0 saturated heterocycles. The van der Waals surface area contributed by atoms with E-state index < -0.39 is 0 Å². The van der Waals surface area contributed by atoms with Gasteiger partial charge in [0.05, 0.1) is 29.8 Å². The second-order valence-corrected chi connectivity index (χ2v) is 28.5. The molecule has 9 aromatic carbocycles. The number of carbonyl (C=O) groups is 1. The molecule has 3 aliphatic rings. The number of pyridine rings is 1. The average molecular weight is 1500 g/mol. The first-order chi connectivity index (χ1) is 51.1. The highest BCUT2D eigenvalue weighted by atomic mass is 35.5. The molecule has 2 aliphatic heterocycles. The number of ether oxygens (including phenoxy) is 3. The fraction of sp³-hybridized carbons (Fsp3) is 0.242. The molecule has 7 heterocycles. The summed E-state index contributed by atoms with van der Waals surface area (Å²) in [6, 6.07) is 69.8. The second kappa shape index (κ2) is 44.1. The number of carbonyl (C=O) groups excluding carboxylic acids is 1. The number of halogens is 4. The van der Waals surface area contributed by atoms with E-state index in [2.05, 4.69) is 122 Å². The van der Waals surface area contributed by atoms with Gasteiger partial charge >= 0.3 is 0 Å². The summed E-state index contributed by atoms with van der Waals surface area (Å²) < 4.78 is 37.7. The van der Waals surface area contributed by atoms with Crippen molar-refractivity contribution in [2.75, 3.05) is 19.2 Å².